The molecule has 1 aromatic heterocycles. The summed E-state index contributed by atoms with van der Waals surface area (Å²) >= 11 is 6.94. The van der Waals surface area contributed by atoms with E-state index < -0.39 is 10.0 Å². The van der Waals surface area contributed by atoms with Crippen molar-refractivity contribution in [2.45, 2.75) is 43.2 Å². The maximum Gasteiger partial charge on any atom is 0.252 e. The monoisotopic (exact) mass is 461 g/mol. The number of rotatable bonds is 8. The molecule has 2 aliphatic rings. The molecule has 29 heavy (non-hydrogen) atoms. The Morgan fingerprint density at radius 3 is 2.62 bits per heavy atom. The number of carbonyl (C=O) groups is 2. The number of hydrogen-bond acceptors (Lipinski definition) is 5. The minimum Gasteiger partial charge on any atom is -0.356 e. The molecular formula is C19H28ClN3O4S2. The third kappa shape index (κ3) is 5.51. The van der Waals surface area contributed by atoms with Crippen LogP contribution in [0.4, 0.5) is 0 Å². The van der Waals surface area contributed by atoms with Crippen LogP contribution in [0.3, 0.4) is 0 Å². The second-order valence-electron chi connectivity index (χ2n) is 7.72. The highest BCUT2D eigenvalue weighted by Gasteiger charge is 2.34. The molecule has 0 aliphatic carbocycles. The van der Waals surface area contributed by atoms with E-state index in [2.05, 4.69) is 5.32 Å². The maximum absolute atomic E-state index is 12.7. The second kappa shape index (κ2) is 9.76. The standard InChI is InChI=1S/C19H28ClN3O4S2/c1-14(19(25)21-9-3-11-22-10-2-4-17(22)24)15-7-12-23(13-8-15)29(26,27)18-6-5-16(20)28-18/h5-6,14-15H,2-4,7-13H2,1H3,(H,21,25). The van der Waals surface area contributed by atoms with Gasteiger partial charge in [0, 0.05) is 45.1 Å². The minimum atomic E-state index is -3.51. The van der Waals surface area contributed by atoms with Gasteiger partial charge in [0.2, 0.25) is 11.8 Å². The number of thiophene rings is 1. The fraction of sp³-hybridized carbons (Fsp3) is 0.684. The summed E-state index contributed by atoms with van der Waals surface area (Å²) in [6.07, 6.45) is 3.64. The summed E-state index contributed by atoms with van der Waals surface area (Å²) in [5.74, 6) is 0.207. The summed E-state index contributed by atoms with van der Waals surface area (Å²) in [6.45, 7) is 4.81. The third-order valence-corrected chi connectivity index (χ3v) is 9.43. The lowest BCUT2D eigenvalue weighted by atomic mass is 9.85. The first-order valence-electron chi connectivity index (χ1n) is 10.1. The van der Waals surface area contributed by atoms with Crippen LogP contribution in [0.15, 0.2) is 16.3 Å². The van der Waals surface area contributed by atoms with Crippen molar-refractivity contribution < 1.29 is 18.0 Å². The Morgan fingerprint density at radius 2 is 2.03 bits per heavy atom. The number of nitrogens with one attached hydrogen (secondary N) is 1. The first-order chi connectivity index (χ1) is 13.8. The molecule has 1 N–H and O–H groups in total. The van der Waals surface area contributed by atoms with Gasteiger partial charge in [0.1, 0.15) is 4.21 Å². The smallest absolute Gasteiger partial charge is 0.252 e. The van der Waals surface area contributed by atoms with Crippen LogP contribution in [0.25, 0.3) is 0 Å². The molecule has 1 unspecified atom stereocenters. The molecule has 3 heterocycles. The Balaban J connectivity index is 1.41. The van der Waals surface area contributed by atoms with Gasteiger partial charge in [-0.15, -0.1) is 11.3 Å². The molecule has 0 spiro atoms. The van der Waals surface area contributed by atoms with Crippen molar-refractivity contribution in [2.24, 2.45) is 11.8 Å². The van der Waals surface area contributed by atoms with E-state index in [0.717, 1.165) is 30.7 Å². The molecule has 0 bridgehead atoms. The van der Waals surface area contributed by atoms with Gasteiger partial charge in [0.05, 0.1) is 4.34 Å². The first kappa shape index (κ1) is 22.5. The third-order valence-electron chi connectivity index (χ3n) is 5.84. The summed E-state index contributed by atoms with van der Waals surface area (Å²) in [5.41, 5.74) is 0. The van der Waals surface area contributed by atoms with Gasteiger partial charge in [-0.3, -0.25) is 9.59 Å². The number of halogens is 1. The minimum absolute atomic E-state index is 0.00379. The van der Waals surface area contributed by atoms with Gasteiger partial charge in [-0.2, -0.15) is 4.31 Å². The van der Waals surface area contributed by atoms with E-state index in [0.29, 0.717) is 49.8 Å². The van der Waals surface area contributed by atoms with Gasteiger partial charge in [0.25, 0.3) is 10.0 Å². The fourth-order valence-corrected chi connectivity index (χ4v) is 7.08. The van der Waals surface area contributed by atoms with E-state index >= 15 is 0 Å². The van der Waals surface area contributed by atoms with Crippen molar-refractivity contribution in [3.63, 3.8) is 0 Å². The molecular weight excluding hydrogens is 434 g/mol. The van der Waals surface area contributed by atoms with Crippen molar-refractivity contribution in [3.05, 3.63) is 16.5 Å². The zero-order valence-electron chi connectivity index (χ0n) is 16.6. The quantitative estimate of drug-likeness (QED) is 0.603. The van der Waals surface area contributed by atoms with E-state index in [4.69, 9.17) is 11.6 Å². The Morgan fingerprint density at radius 1 is 1.31 bits per heavy atom. The normalized spacial score (nSPS) is 20.2. The molecule has 0 radical (unpaired) electrons. The number of likely N-dealkylation sites (tertiary alicyclic amines) is 1. The Kier molecular flexibility index (Phi) is 7.58. The van der Waals surface area contributed by atoms with Crippen LogP contribution in [0.1, 0.15) is 39.0 Å². The van der Waals surface area contributed by atoms with Crippen LogP contribution < -0.4 is 5.32 Å². The van der Waals surface area contributed by atoms with Crippen LogP contribution in [-0.4, -0.2) is 62.2 Å². The second-order valence-corrected chi connectivity index (χ2v) is 11.6. The number of amides is 2. The Labute approximate surface area is 181 Å². The highest BCUT2D eigenvalue weighted by Crippen LogP contribution is 2.32. The van der Waals surface area contributed by atoms with Crippen LogP contribution in [0, 0.1) is 11.8 Å². The van der Waals surface area contributed by atoms with Gasteiger partial charge in [-0.05, 0) is 43.7 Å². The van der Waals surface area contributed by atoms with E-state index in [9.17, 15) is 18.0 Å². The van der Waals surface area contributed by atoms with E-state index in [1.165, 1.54) is 4.31 Å². The number of carbonyl (C=O) groups excluding carboxylic acids is 2. The number of hydrogen-bond donors (Lipinski definition) is 1. The summed E-state index contributed by atoms with van der Waals surface area (Å²) in [7, 11) is -3.51. The van der Waals surface area contributed by atoms with Gasteiger partial charge in [-0.25, -0.2) is 8.42 Å². The predicted octanol–water partition coefficient (Wildman–Crippen LogP) is 2.57. The molecule has 2 amide bonds. The predicted molar refractivity (Wildman–Crippen MR) is 113 cm³/mol. The topological polar surface area (TPSA) is 86.8 Å². The van der Waals surface area contributed by atoms with Crippen molar-refractivity contribution in [2.75, 3.05) is 32.7 Å². The zero-order chi connectivity index (χ0) is 21.0. The lowest BCUT2D eigenvalue weighted by Gasteiger charge is -2.33. The number of nitrogens with zero attached hydrogens (tertiary/aromatic N) is 2. The molecule has 2 fully saturated rings. The van der Waals surface area contributed by atoms with Crippen LogP contribution in [0.5, 0.6) is 0 Å². The molecule has 0 aromatic carbocycles. The average molecular weight is 462 g/mol. The fourth-order valence-electron chi connectivity index (χ4n) is 3.98. The summed E-state index contributed by atoms with van der Waals surface area (Å²) in [4.78, 5) is 25.9. The molecule has 1 atom stereocenters. The van der Waals surface area contributed by atoms with Crippen LogP contribution in [-0.2, 0) is 19.6 Å². The molecule has 2 aliphatic heterocycles. The van der Waals surface area contributed by atoms with Gasteiger partial charge >= 0.3 is 0 Å². The van der Waals surface area contributed by atoms with Crippen LogP contribution >= 0.6 is 22.9 Å². The van der Waals surface area contributed by atoms with E-state index in [1.807, 2.05) is 11.8 Å². The van der Waals surface area contributed by atoms with E-state index in [1.54, 1.807) is 12.1 Å². The maximum atomic E-state index is 12.7. The lowest BCUT2D eigenvalue weighted by molar-refractivity contribution is -0.127. The zero-order valence-corrected chi connectivity index (χ0v) is 19.0. The molecule has 3 rings (SSSR count). The SMILES string of the molecule is CC(C(=O)NCCCN1CCCC1=O)C1CCN(S(=O)(=O)c2ccc(Cl)s2)CC1. The summed E-state index contributed by atoms with van der Waals surface area (Å²) in [6, 6.07) is 3.14. The van der Waals surface area contributed by atoms with Crippen molar-refractivity contribution in [1.29, 1.82) is 0 Å². The van der Waals surface area contributed by atoms with Gasteiger partial charge in [0.15, 0.2) is 0 Å². The largest absolute Gasteiger partial charge is 0.356 e. The van der Waals surface area contributed by atoms with Gasteiger partial charge < -0.3 is 10.2 Å². The molecule has 10 heteroatoms. The lowest BCUT2D eigenvalue weighted by Crippen LogP contribution is -2.42. The number of piperidine rings is 1. The summed E-state index contributed by atoms with van der Waals surface area (Å²) in [5, 5.41) is 2.97. The highest BCUT2D eigenvalue weighted by molar-refractivity contribution is 7.91. The molecule has 1 aromatic rings. The van der Waals surface area contributed by atoms with Crippen LogP contribution in [0.2, 0.25) is 4.34 Å². The van der Waals surface area contributed by atoms with Gasteiger partial charge in [-0.1, -0.05) is 18.5 Å². The average Bonchev–Trinajstić information content (AvgIpc) is 3.33. The Bertz CT molecular complexity index is 834. The Hall–Kier alpha value is -1.16. The first-order valence-corrected chi connectivity index (χ1v) is 12.7. The number of sulfonamides is 1. The van der Waals surface area contributed by atoms with Crippen molar-refractivity contribution in [1.82, 2.24) is 14.5 Å². The molecule has 162 valence electrons. The molecule has 2 saturated heterocycles. The summed E-state index contributed by atoms with van der Waals surface area (Å²) < 4.78 is 27.6. The molecule has 0 saturated carbocycles. The van der Waals surface area contributed by atoms with Crippen molar-refractivity contribution >= 4 is 44.8 Å². The molecule has 7 nitrogen and oxygen atoms in total. The van der Waals surface area contributed by atoms with E-state index in [-0.39, 0.29) is 27.9 Å². The highest BCUT2D eigenvalue weighted by atomic mass is 35.5. The van der Waals surface area contributed by atoms with Crippen molar-refractivity contribution in [3.8, 4) is 0 Å².